The summed E-state index contributed by atoms with van der Waals surface area (Å²) in [6, 6.07) is 0. The predicted octanol–water partition coefficient (Wildman–Crippen LogP) is 4.44. The Bertz CT molecular complexity index is 263. The molecule has 2 atom stereocenters. The van der Waals surface area contributed by atoms with Gasteiger partial charge < -0.3 is 9.47 Å². The molecule has 0 saturated heterocycles. The van der Waals surface area contributed by atoms with Gasteiger partial charge in [0.2, 0.25) is 0 Å². The zero-order valence-corrected chi connectivity index (χ0v) is 14.3. The van der Waals surface area contributed by atoms with Gasteiger partial charge in [-0.25, -0.2) is 0 Å². The molecular weight excluding hydrogens is 252 g/mol. The number of hydrogen-bond acceptors (Lipinski definition) is 3. The highest BCUT2D eigenvalue weighted by molar-refractivity contribution is 5.77. The number of ether oxygens (including phenoxy) is 2. The Hall–Kier alpha value is -0.570. The van der Waals surface area contributed by atoms with Crippen LogP contribution in [0.25, 0.3) is 0 Å². The van der Waals surface area contributed by atoms with E-state index >= 15 is 0 Å². The minimum atomic E-state index is -0.502. The van der Waals surface area contributed by atoms with E-state index in [-0.39, 0.29) is 11.9 Å². The van der Waals surface area contributed by atoms with Gasteiger partial charge in [0.05, 0.1) is 18.6 Å². The Morgan fingerprint density at radius 1 is 1.20 bits per heavy atom. The predicted molar refractivity (Wildman–Crippen MR) is 83.7 cm³/mol. The van der Waals surface area contributed by atoms with Crippen LogP contribution in [0.2, 0.25) is 0 Å². The SMILES string of the molecule is CCCCC(CC)COC(=O)C(CC)(COC)C(C)C. The maximum atomic E-state index is 12.5. The lowest BCUT2D eigenvalue weighted by Crippen LogP contribution is -2.42. The minimum Gasteiger partial charge on any atom is -0.465 e. The van der Waals surface area contributed by atoms with Gasteiger partial charge in [-0.2, -0.15) is 0 Å². The second-order valence-corrected chi connectivity index (χ2v) is 6.11. The minimum absolute atomic E-state index is 0.0909. The number of hydrogen-bond donors (Lipinski definition) is 0. The molecule has 3 heteroatoms. The Morgan fingerprint density at radius 3 is 2.25 bits per heavy atom. The molecule has 0 spiro atoms. The first-order chi connectivity index (χ1) is 9.48. The average Bonchev–Trinajstić information content (AvgIpc) is 2.44. The van der Waals surface area contributed by atoms with Crippen molar-refractivity contribution in [1.29, 1.82) is 0 Å². The van der Waals surface area contributed by atoms with Crippen molar-refractivity contribution in [3.63, 3.8) is 0 Å². The van der Waals surface area contributed by atoms with Crippen molar-refractivity contribution in [2.24, 2.45) is 17.3 Å². The molecule has 0 heterocycles. The lowest BCUT2D eigenvalue weighted by molar-refractivity contribution is -0.165. The first-order valence-corrected chi connectivity index (χ1v) is 8.14. The second kappa shape index (κ2) is 10.2. The van der Waals surface area contributed by atoms with Crippen molar-refractivity contribution in [3.8, 4) is 0 Å². The Balaban J connectivity index is 4.60. The van der Waals surface area contributed by atoms with E-state index in [4.69, 9.17) is 9.47 Å². The van der Waals surface area contributed by atoms with Crippen LogP contribution in [0.1, 0.15) is 66.7 Å². The van der Waals surface area contributed by atoms with Gasteiger partial charge in [0.25, 0.3) is 0 Å². The first-order valence-electron chi connectivity index (χ1n) is 8.14. The van der Waals surface area contributed by atoms with Gasteiger partial charge in [-0.3, -0.25) is 4.79 Å². The summed E-state index contributed by atoms with van der Waals surface area (Å²) in [5.41, 5.74) is -0.502. The number of carbonyl (C=O) groups excluding carboxylic acids is 1. The average molecular weight is 286 g/mol. The topological polar surface area (TPSA) is 35.5 Å². The normalized spacial score (nSPS) is 15.9. The fourth-order valence-corrected chi connectivity index (χ4v) is 2.61. The summed E-state index contributed by atoms with van der Waals surface area (Å²) < 4.78 is 10.9. The van der Waals surface area contributed by atoms with Crippen molar-refractivity contribution in [3.05, 3.63) is 0 Å². The Labute approximate surface area is 125 Å². The van der Waals surface area contributed by atoms with E-state index in [1.165, 1.54) is 12.8 Å². The lowest BCUT2D eigenvalue weighted by Gasteiger charge is -2.34. The molecule has 0 rings (SSSR count). The zero-order valence-electron chi connectivity index (χ0n) is 14.3. The molecule has 2 unspecified atom stereocenters. The summed E-state index contributed by atoms with van der Waals surface area (Å²) >= 11 is 0. The number of carbonyl (C=O) groups is 1. The molecule has 0 aromatic heterocycles. The summed E-state index contributed by atoms with van der Waals surface area (Å²) in [4.78, 5) is 12.5. The van der Waals surface area contributed by atoms with E-state index in [9.17, 15) is 4.79 Å². The smallest absolute Gasteiger partial charge is 0.314 e. The van der Waals surface area contributed by atoms with Gasteiger partial charge in [0.15, 0.2) is 0 Å². The number of rotatable bonds is 11. The lowest BCUT2D eigenvalue weighted by atomic mass is 9.75. The molecule has 0 fully saturated rings. The van der Waals surface area contributed by atoms with Crippen LogP contribution in [0.3, 0.4) is 0 Å². The largest absolute Gasteiger partial charge is 0.465 e. The summed E-state index contributed by atoms with van der Waals surface area (Å²) in [5.74, 6) is 0.616. The third-order valence-corrected chi connectivity index (χ3v) is 4.54. The first kappa shape index (κ1) is 19.4. The van der Waals surface area contributed by atoms with Gasteiger partial charge in [0.1, 0.15) is 0 Å². The molecule has 0 N–H and O–H groups in total. The third-order valence-electron chi connectivity index (χ3n) is 4.54. The molecule has 120 valence electrons. The highest BCUT2D eigenvalue weighted by Gasteiger charge is 2.41. The van der Waals surface area contributed by atoms with E-state index in [2.05, 4.69) is 27.7 Å². The molecule has 20 heavy (non-hydrogen) atoms. The van der Waals surface area contributed by atoms with Crippen LogP contribution in [0, 0.1) is 17.3 Å². The Morgan fingerprint density at radius 2 is 1.85 bits per heavy atom. The molecule has 0 bridgehead atoms. The van der Waals surface area contributed by atoms with Gasteiger partial charge in [0, 0.05) is 7.11 Å². The van der Waals surface area contributed by atoms with Crippen molar-refractivity contribution in [2.45, 2.75) is 66.7 Å². The van der Waals surface area contributed by atoms with Gasteiger partial charge in [-0.1, -0.05) is 53.9 Å². The van der Waals surface area contributed by atoms with E-state index in [0.717, 1.165) is 19.3 Å². The summed E-state index contributed by atoms with van der Waals surface area (Å²) in [6.45, 7) is 11.5. The number of unbranched alkanes of at least 4 members (excludes halogenated alkanes) is 1. The van der Waals surface area contributed by atoms with Crippen molar-refractivity contribution in [1.82, 2.24) is 0 Å². The van der Waals surface area contributed by atoms with E-state index in [0.29, 0.717) is 19.1 Å². The number of esters is 1. The monoisotopic (exact) mass is 286 g/mol. The van der Waals surface area contributed by atoms with E-state index in [1.807, 2.05) is 6.92 Å². The maximum absolute atomic E-state index is 12.5. The molecule has 0 radical (unpaired) electrons. The van der Waals surface area contributed by atoms with Crippen LogP contribution < -0.4 is 0 Å². The molecule has 0 aliphatic heterocycles. The molecule has 0 saturated carbocycles. The molecule has 0 aliphatic rings. The fourth-order valence-electron chi connectivity index (χ4n) is 2.61. The standard InChI is InChI=1S/C17H34O3/c1-7-10-11-15(8-2)12-20-16(18)17(9-3,13-19-6)14(4)5/h14-15H,7-13H2,1-6H3. The van der Waals surface area contributed by atoms with Crippen molar-refractivity contribution < 1.29 is 14.3 Å². The molecular formula is C17H34O3. The molecule has 0 amide bonds. The van der Waals surface area contributed by atoms with Crippen LogP contribution in [-0.4, -0.2) is 26.3 Å². The second-order valence-electron chi connectivity index (χ2n) is 6.11. The highest BCUT2D eigenvalue weighted by Crippen LogP contribution is 2.33. The summed E-state index contributed by atoms with van der Waals surface area (Å²) in [5, 5.41) is 0. The van der Waals surface area contributed by atoms with Crippen LogP contribution >= 0.6 is 0 Å². The van der Waals surface area contributed by atoms with Crippen LogP contribution in [0.5, 0.6) is 0 Å². The van der Waals surface area contributed by atoms with E-state index < -0.39 is 5.41 Å². The maximum Gasteiger partial charge on any atom is 0.314 e. The summed E-state index contributed by atoms with van der Waals surface area (Å²) in [6.07, 6.45) is 5.36. The fraction of sp³-hybridized carbons (Fsp3) is 0.941. The molecule has 3 nitrogen and oxygen atoms in total. The molecule has 0 aromatic carbocycles. The Kier molecular flexibility index (Phi) is 9.91. The van der Waals surface area contributed by atoms with Crippen molar-refractivity contribution >= 4 is 5.97 Å². The van der Waals surface area contributed by atoms with Gasteiger partial charge >= 0.3 is 5.97 Å². The number of methoxy groups -OCH3 is 1. The van der Waals surface area contributed by atoms with Crippen molar-refractivity contribution in [2.75, 3.05) is 20.3 Å². The highest BCUT2D eigenvalue weighted by atomic mass is 16.5. The zero-order chi connectivity index (χ0) is 15.6. The van der Waals surface area contributed by atoms with Crippen LogP contribution in [0.15, 0.2) is 0 Å². The van der Waals surface area contributed by atoms with Crippen LogP contribution in [0.4, 0.5) is 0 Å². The third kappa shape index (κ3) is 5.43. The molecule has 0 aliphatic carbocycles. The van der Waals surface area contributed by atoms with Gasteiger partial charge in [-0.05, 0) is 24.7 Å². The summed E-state index contributed by atoms with van der Waals surface area (Å²) in [7, 11) is 1.65. The quantitative estimate of drug-likeness (QED) is 0.527. The van der Waals surface area contributed by atoms with Crippen LogP contribution in [-0.2, 0) is 14.3 Å². The van der Waals surface area contributed by atoms with Gasteiger partial charge in [-0.15, -0.1) is 0 Å². The molecule has 0 aromatic rings. The van der Waals surface area contributed by atoms with E-state index in [1.54, 1.807) is 7.11 Å².